The molecule has 1 N–H and O–H groups in total. The molecule has 0 saturated carbocycles. The Kier molecular flexibility index (Phi) is 7.48. The smallest absolute Gasteiger partial charge is 0.242 e. The minimum atomic E-state index is -0.605. The highest BCUT2D eigenvalue weighted by Gasteiger charge is 2.28. The second-order valence-corrected chi connectivity index (χ2v) is 9.18. The number of benzene rings is 2. The van der Waals surface area contributed by atoms with Crippen molar-refractivity contribution < 1.29 is 9.59 Å². The number of nitrogens with zero attached hydrogens (tertiary/aromatic N) is 1. The van der Waals surface area contributed by atoms with Crippen molar-refractivity contribution in [1.82, 2.24) is 10.2 Å². The topological polar surface area (TPSA) is 49.4 Å². The minimum Gasteiger partial charge on any atom is -0.350 e. The van der Waals surface area contributed by atoms with Crippen molar-refractivity contribution in [1.29, 1.82) is 0 Å². The molecule has 1 unspecified atom stereocenters. The molecule has 2 amide bonds. The summed E-state index contributed by atoms with van der Waals surface area (Å²) < 4.78 is 0. The van der Waals surface area contributed by atoms with Crippen molar-refractivity contribution in [2.24, 2.45) is 0 Å². The molecule has 0 fully saturated rings. The van der Waals surface area contributed by atoms with Gasteiger partial charge in [0.15, 0.2) is 0 Å². The Hall–Kier alpha value is -2.33. The van der Waals surface area contributed by atoms with Gasteiger partial charge < -0.3 is 10.2 Å². The van der Waals surface area contributed by atoms with E-state index in [4.69, 9.17) is 11.6 Å². The molecule has 0 aromatic heterocycles. The zero-order valence-electron chi connectivity index (χ0n) is 18.2. The first-order valence-electron chi connectivity index (χ1n) is 9.88. The summed E-state index contributed by atoms with van der Waals surface area (Å²) in [6.45, 7) is 11.9. The standard InChI is InChI=1S/C24H31ClN2O2/c1-16-10-17(2)12-20(11-16)14-22(28)27(15-19-8-7-9-21(25)13-19)18(3)23(29)26-24(4,5)6/h7-13,18H,14-15H2,1-6H3,(H,26,29). The minimum absolute atomic E-state index is 0.0912. The molecule has 0 radical (unpaired) electrons. The predicted octanol–water partition coefficient (Wildman–Crippen LogP) is 4.83. The van der Waals surface area contributed by atoms with E-state index in [2.05, 4.69) is 11.4 Å². The van der Waals surface area contributed by atoms with Crippen LogP contribution in [0, 0.1) is 13.8 Å². The number of rotatable bonds is 6. The van der Waals surface area contributed by atoms with E-state index >= 15 is 0 Å². The van der Waals surface area contributed by atoms with E-state index in [-0.39, 0.29) is 23.8 Å². The zero-order valence-corrected chi connectivity index (χ0v) is 18.9. The lowest BCUT2D eigenvalue weighted by Gasteiger charge is -2.31. The van der Waals surface area contributed by atoms with Crippen LogP contribution in [0.3, 0.4) is 0 Å². The number of halogens is 1. The normalized spacial score (nSPS) is 12.4. The van der Waals surface area contributed by atoms with Gasteiger partial charge >= 0.3 is 0 Å². The Morgan fingerprint density at radius 2 is 1.66 bits per heavy atom. The Bertz CT molecular complexity index is 866. The van der Waals surface area contributed by atoms with Gasteiger partial charge in [0, 0.05) is 17.1 Å². The molecule has 2 rings (SSSR count). The van der Waals surface area contributed by atoms with Crippen molar-refractivity contribution in [2.45, 2.75) is 66.1 Å². The molecule has 0 heterocycles. The Balaban J connectivity index is 2.29. The lowest BCUT2D eigenvalue weighted by atomic mass is 10.0. The fourth-order valence-corrected chi connectivity index (χ4v) is 3.55. The average Bonchev–Trinajstić information content (AvgIpc) is 2.56. The number of carbonyl (C=O) groups excluding carboxylic acids is 2. The van der Waals surface area contributed by atoms with Gasteiger partial charge in [-0.15, -0.1) is 0 Å². The Morgan fingerprint density at radius 3 is 2.21 bits per heavy atom. The quantitative estimate of drug-likeness (QED) is 0.735. The lowest BCUT2D eigenvalue weighted by molar-refractivity contribution is -0.140. The second kappa shape index (κ2) is 9.45. The van der Waals surface area contributed by atoms with Gasteiger partial charge in [-0.05, 0) is 64.8 Å². The van der Waals surface area contributed by atoms with Gasteiger partial charge in [-0.3, -0.25) is 9.59 Å². The van der Waals surface area contributed by atoms with Crippen molar-refractivity contribution in [2.75, 3.05) is 0 Å². The van der Waals surface area contributed by atoms with Gasteiger partial charge in [0.05, 0.1) is 6.42 Å². The van der Waals surface area contributed by atoms with E-state index in [0.717, 1.165) is 22.3 Å². The van der Waals surface area contributed by atoms with Crippen LogP contribution in [0.4, 0.5) is 0 Å². The highest BCUT2D eigenvalue weighted by atomic mass is 35.5. The van der Waals surface area contributed by atoms with Gasteiger partial charge in [-0.25, -0.2) is 0 Å². The molecule has 1 atom stereocenters. The van der Waals surface area contributed by atoms with Crippen LogP contribution < -0.4 is 5.32 Å². The van der Waals surface area contributed by atoms with Crippen LogP contribution in [0.5, 0.6) is 0 Å². The molecule has 2 aromatic rings. The molecule has 0 spiro atoms. The molecule has 0 aliphatic rings. The predicted molar refractivity (Wildman–Crippen MR) is 119 cm³/mol. The third kappa shape index (κ3) is 7.21. The zero-order chi connectivity index (χ0) is 21.8. The summed E-state index contributed by atoms with van der Waals surface area (Å²) in [6.07, 6.45) is 0.246. The van der Waals surface area contributed by atoms with E-state index in [1.165, 1.54) is 0 Å². The molecule has 29 heavy (non-hydrogen) atoms. The van der Waals surface area contributed by atoms with Gasteiger partial charge in [-0.1, -0.05) is 53.1 Å². The van der Waals surface area contributed by atoms with Gasteiger partial charge in [0.25, 0.3) is 0 Å². The molecule has 5 heteroatoms. The molecule has 0 aliphatic carbocycles. The van der Waals surface area contributed by atoms with Crippen molar-refractivity contribution in [3.05, 3.63) is 69.7 Å². The maximum Gasteiger partial charge on any atom is 0.242 e. The number of carbonyl (C=O) groups is 2. The highest BCUT2D eigenvalue weighted by molar-refractivity contribution is 6.30. The van der Waals surface area contributed by atoms with Crippen LogP contribution in [-0.4, -0.2) is 28.3 Å². The number of nitrogens with one attached hydrogen (secondary N) is 1. The van der Waals surface area contributed by atoms with Crippen LogP contribution in [0.25, 0.3) is 0 Å². The largest absolute Gasteiger partial charge is 0.350 e. The van der Waals surface area contributed by atoms with E-state index < -0.39 is 6.04 Å². The summed E-state index contributed by atoms with van der Waals surface area (Å²) in [4.78, 5) is 27.7. The van der Waals surface area contributed by atoms with Crippen LogP contribution in [0.15, 0.2) is 42.5 Å². The summed E-state index contributed by atoms with van der Waals surface area (Å²) in [5, 5.41) is 3.58. The molecule has 0 bridgehead atoms. The first-order valence-corrected chi connectivity index (χ1v) is 10.3. The number of amides is 2. The average molecular weight is 415 g/mol. The van der Waals surface area contributed by atoms with Gasteiger partial charge in [0.2, 0.25) is 11.8 Å². The van der Waals surface area contributed by atoms with Crippen molar-refractivity contribution in [3.63, 3.8) is 0 Å². The fourth-order valence-electron chi connectivity index (χ4n) is 3.34. The summed E-state index contributed by atoms with van der Waals surface area (Å²) in [5.41, 5.74) is 3.71. The van der Waals surface area contributed by atoms with Gasteiger partial charge in [0.1, 0.15) is 6.04 Å². The number of hydrogen-bond acceptors (Lipinski definition) is 2. The molecule has 0 saturated heterocycles. The van der Waals surface area contributed by atoms with Crippen LogP contribution in [0.2, 0.25) is 5.02 Å². The van der Waals surface area contributed by atoms with E-state index in [0.29, 0.717) is 11.6 Å². The van der Waals surface area contributed by atoms with Crippen LogP contribution >= 0.6 is 11.6 Å². The maximum absolute atomic E-state index is 13.2. The van der Waals surface area contributed by atoms with Crippen molar-refractivity contribution in [3.8, 4) is 0 Å². The Morgan fingerprint density at radius 1 is 1.03 bits per heavy atom. The highest BCUT2D eigenvalue weighted by Crippen LogP contribution is 2.17. The monoisotopic (exact) mass is 414 g/mol. The van der Waals surface area contributed by atoms with Crippen LogP contribution in [-0.2, 0) is 22.6 Å². The third-order valence-corrected chi connectivity index (χ3v) is 4.78. The first kappa shape index (κ1) is 23.0. The van der Waals surface area contributed by atoms with E-state index in [9.17, 15) is 9.59 Å². The maximum atomic E-state index is 13.2. The summed E-state index contributed by atoms with van der Waals surface area (Å²) in [7, 11) is 0. The second-order valence-electron chi connectivity index (χ2n) is 8.74. The summed E-state index contributed by atoms with van der Waals surface area (Å²) in [6, 6.07) is 12.9. The van der Waals surface area contributed by atoms with Crippen molar-refractivity contribution >= 4 is 23.4 Å². The third-order valence-electron chi connectivity index (χ3n) is 4.54. The molecule has 156 valence electrons. The number of hydrogen-bond donors (Lipinski definition) is 1. The molecule has 4 nitrogen and oxygen atoms in total. The molecule has 0 aliphatic heterocycles. The Labute approximate surface area is 179 Å². The summed E-state index contributed by atoms with van der Waals surface area (Å²) >= 11 is 6.12. The van der Waals surface area contributed by atoms with Crippen LogP contribution in [0.1, 0.15) is 49.9 Å². The fraction of sp³-hybridized carbons (Fsp3) is 0.417. The number of aryl methyl sites for hydroxylation is 2. The summed E-state index contributed by atoms with van der Waals surface area (Å²) in [5.74, 6) is -0.264. The molecular formula is C24H31ClN2O2. The SMILES string of the molecule is Cc1cc(C)cc(CC(=O)N(Cc2cccc(Cl)c2)C(C)C(=O)NC(C)(C)C)c1. The van der Waals surface area contributed by atoms with Gasteiger partial charge in [-0.2, -0.15) is 0 Å². The molecular weight excluding hydrogens is 384 g/mol. The lowest BCUT2D eigenvalue weighted by Crippen LogP contribution is -2.52. The first-order chi connectivity index (χ1) is 13.4. The van der Waals surface area contributed by atoms with E-state index in [1.54, 1.807) is 17.9 Å². The molecule has 2 aromatic carbocycles. The van der Waals surface area contributed by atoms with E-state index in [1.807, 2.05) is 65.0 Å².